The maximum Gasteiger partial charge on any atom is 0.226 e. The first kappa shape index (κ1) is 13.5. The Balaban J connectivity index is 3.05. The number of benzene rings is 1. The third-order valence-corrected chi connectivity index (χ3v) is 2.40. The number of hydrogen-bond acceptors (Lipinski definition) is 4. The Morgan fingerprint density at radius 2 is 1.71 bits per heavy atom. The second kappa shape index (κ2) is 5.65. The van der Waals surface area contributed by atoms with Crippen molar-refractivity contribution in [2.24, 2.45) is 5.92 Å². The lowest BCUT2D eigenvalue weighted by Gasteiger charge is -2.12. The van der Waals surface area contributed by atoms with Gasteiger partial charge in [-0.05, 0) is 12.1 Å². The fourth-order valence-electron chi connectivity index (χ4n) is 1.36. The minimum Gasteiger partial charge on any atom is -0.507 e. The van der Waals surface area contributed by atoms with Crippen molar-refractivity contribution in [2.45, 2.75) is 27.1 Å². The first-order valence-corrected chi connectivity index (χ1v) is 5.37. The highest BCUT2D eigenvalue weighted by Crippen LogP contribution is 2.27. The predicted molar refractivity (Wildman–Crippen MR) is 63.4 cm³/mol. The number of aliphatic hydroxyl groups excluding tert-OH is 2. The third-order valence-electron chi connectivity index (χ3n) is 2.40. The highest BCUT2D eigenvalue weighted by Gasteiger charge is 2.12. The average Bonchev–Trinajstić information content (AvgIpc) is 2.30. The van der Waals surface area contributed by atoms with E-state index >= 15 is 0 Å². The van der Waals surface area contributed by atoms with Crippen LogP contribution in [0.4, 0.5) is 5.69 Å². The second-order valence-electron chi connectivity index (χ2n) is 4.10. The number of carbonyl (C=O) groups is 1. The van der Waals surface area contributed by atoms with Crippen molar-refractivity contribution >= 4 is 11.6 Å². The predicted octanol–water partition coefficient (Wildman–Crippen LogP) is 0.971. The van der Waals surface area contributed by atoms with Gasteiger partial charge < -0.3 is 20.6 Å². The summed E-state index contributed by atoms with van der Waals surface area (Å²) >= 11 is 0. The summed E-state index contributed by atoms with van der Waals surface area (Å²) in [5, 5.41) is 30.4. The van der Waals surface area contributed by atoms with Crippen LogP contribution in [0.25, 0.3) is 0 Å². The summed E-state index contributed by atoms with van der Waals surface area (Å²) in [5.41, 5.74) is 1.00. The molecule has 0 radical (unpaired) electrons. The first-order chi connectivity index (χ1) is 7.99. The lowest BCUT2D eigenvalue weighted by Crippen LogP contribution is -2.18. The average molecular weight is 239 g/mol. The molecule has 5 heteroatoms. The molecule has 1 aromatic carbocycles. The zero-order valence-electron chi connectivity index (χ0n) is 9.90. The van der Waals surface area contributed by atoms with Crippen molar-refractivity contribution in [2.75, 3.05) is 5.32 Å². The lowest BCUT2D eigenvalue weighted by atomic mass is 10.1. The molecule has 0 aliphatic heterocycles. The van der Waals surface area contributed by atoms with Gasteiger partial charge in [-0.15, -0.1) is 0 Å². The van der Waals surface area contributed by atoms with Crippen LogP contribution in [-0.2, 0) is 18.0 Å². The molecule has 0 unspecified atom stereocenters. The van der Waals surface area contributed by atoms with Crippen LogP contribution in [0.15, 0.2) is 12.1 Å². The molecule has 1 amide bonds. The Morgan fingerprint density at radius 1 is 1.24 bits per heavy atom. The summed E-state index contributed by atoms with van der Waals surface area (Å²) in [6.07, 6.45) is 0. The molecular formula is C12H17NO4. The van der Waals surface area contributed by atoms with Crippen LogP contribution in [-0.4, -0.2) is 21.2 Å². The molecule has 1 aromatic rings. The highest BCUT2D eigenvalue weighted by molar-refractivity contribution is 5.92. The van der Waals surface area contributed by atoms with Crippen molar-refractivity contribution < 1.29 is 20.1 Å². The Morgan fingerprint density at radius 3 is 2.06 bits per heavy atom. The molecule has 17 heavy (non-hydrogen) atoms. The van der Waals surface area contributed by atoms with Gasteiger partial charge in [0.15, 0.2) is 0 Å². The van der Waals surface area contributed by atoms with Crippen LogP contribution in [0, 0.1) is 5.92 Å². The quantitative estimate of drug-likeness (QED) is 0.589. The summed E-state index contributed by atoms with van der Waals surface area (Å²) in [6.45, 7) is 2.81. The van der Waals surface area contributed by atoms with Gasteiger partial charge >= 0.3 is 0 Å². The fourth-order valence-corrected chi connectivity index (χ4v) is 1.36. The van der Waals surface area contributed by atoms with Gasteiger partial charge in [-0.3, -0.25) is 4.79 Å². The van der Waals surface area contributed by atoms with Crippen LogP contribution in [0.3, 0.4) is 0 Å². The fraction of sp³-hybridized carbons (Fsp3) is 0.417. The Labute approximate surface area is 99.7 Å². The summed E-state index contributed by atoms with van der Waals surface area (Å²) in [4.78, 5) is 11.5. The molecule has 0 spiro atoms. The van der Waals surface area contributed by atoms with Crippen molar-refractivity contribution in [3.63, 3.8) is 0 Å². The monoisotopic (exact) mass is 239 g/mol. The van der Waals surface area contributed by atoms with Crippen LogP contribution in [0.1, 0.15) is 25.0 Å². The van der Waals surface area contributed by atoms with E-state index in [0.29, 0.717) is 5.69 Å². The normalized spacial score (nSPS) is 10.6. The van der Waals surface area contributed by atoms with Gasteiger partial charge in [-0.25, -0.2) is 0 Å². The molecule has 0 saturated heterocycles. The van der Waals surface area contributed by atoms with E-state index in [1.54, 1.807) is 13.8 Å². The van der Waals surface area contributed by atoms with Gasteiger partial charge in [0.05, 0.1) is 13.2 Å². The highest BCUT2D eigenvalue weighted by atomic mass is 16.3. The van der Waals surface area contributed by atoms with E-state index in [9.17, 15) is 9.90 Å². The summed E-state index contributed by atoms with van der Waals surface area (Å²) < 4.78 is 0. The van der Waals surface area contributed by atoms with E-state index < -0.39 is 0 Å². The zero-order chi connectivity index (χ0) is 13.0. The molecule has 0 aliphatic carbocycles. The molecule has 0 heterocycles. The molecule has 0 saturated carbocycles. The van der Waals surface area contributed by atoms with Gasteiger partial charge in [-0.1, -0.05) is 13.8 Å². The molecule has 0 aliphatic rings. The summed E-state index contributed by atoms with van der Waals surface area (Å²) in [5.74, 6) is -0.472. The van der Waals surface area contributed by atoms with E-state index in [2.05, 4.69) is 5.32 Å². The second-order valence-corrected chi connectivity index (χ2v) is 4.10. The van der Waals surface area contributed by atoms with E-state index in [0.717, 1.165) is 0 Å². The van der Waals surface area contributed by atoms with E-state index in [4.69, 9.17) is 10.2 Å². The Bertz CT molecular complexity index is 390. The molecule has 1 rings (SSSR count). The van der Waals surface area contributed by atoms with Crippen LogP contribution in [0.5, 0.6) is 5.75 Å². The number of aromatic hydroxyl groups is 1. The minimum absolute atomic E-state index is 0.141. The van der Waals surface area contributed by atoms with Crippen molar-refractivity contribution in [3.8, 4) is 5.75 Å². The number of phenols is 1. The van der Waals surface area contributed by atoms with E-state index in [1.807, 2.05) is 0 Å². The molecular weight excluding hydrogens is 222 g/mol. The number of hydrogen-bond donors (Lipinski definition) is 4. The van der Waals surface area contributed by atoms with Crippen LogP contribution < -0.4 is 5.32 Å². The van der Waals surface area contributed by atoms with Gasteiger partial charge in [0, 0.05) is 22.7 Å². The van der Waals surface area contributed by atoms with Gasteiger partial charge in [0.2, 0.25) is 5.91 Å². The number of amides is 1. The largest absolute Gasteiger partial charge is 0.507 e. The first-order valence-electron chi connectivity index (χ1n) is 5.37. The number of anilines is 1. The van der Waals surface area contributed by atoms with Crippen molar-refractivity contribution in [1.29, 1.82) is 0 Å². The molecule has 0 fully saturated rings. The molecule has 5 nitrogen and oxygen atoms in total. The number of rotatable bonds is 4. The summed E-state index contributed by atoms with van der Waals surface area (Å²) in [7, 11) is 0. The van der Waals surface area contributed by atoms with Crippen molar-refractivity contribution in [1.82, 2.24) is 0 Å². The third kappa shape index (κ3) is 3.18. The lowest BCUT2D eigenvalue weighted by molar-refractivity contribution is -0.118. The van der Waals surface area contributed by atoms with E-state index in [1.165, 1.54) is 12.1 Å². The maximum atomic E-state index is 11.5. The zero-order valence-corrected chi connectivity index (χ0v) is 9.90. The smallest absolute Gasteiger partial charge is 0.226 e. The molecule has 0 atom stereocenters. The minimum atomic E-state index is -0.357. The van der Waals surface area contributed by atoms with Gasteiger partial charge in [0.1, 0.15) is 5.75 Å². The Hall–Kier alpha value is -1.59. The van der Waals surface area contributed by atoms with Gasteiger partial charge in [-0.2, -0.15) is 0 Å². The maximum absolute atomic E-state index is 11.5. The molecule has 0 aromatic heterocycles. The number of aliphatic hydroxyl groups is 2. The Kier molecular flexibility index (Phi) is 4.48. The van der Waals surface area contributed by atoms with E-state index in [-0.39, 0.29) is 41.9 Å². The molecule has 4 N–H and O–H groups in total. The topological polar surface area (TPSA) is 89.8 Å². The van der Waals surface area contributed by atoms with Gasteiger partial charge in [0.25, 0.3) is 0 Å². The SMILES string of the molecule is CC(C)C(=O)Nc1cc(CO)c(O)c(CO)c1. The summed E-state index contributed by atoms with van der Waals surface area (Å²) in [6, 6.07) is 2.96. The van der Waals surface area contributed by atoms with Crippen LogP contribution >= 0.6 is 0 Å². The molecule has 94 valence electrons. The molecule has 0 bridgehead atoms. The van der Waals surface area contributed by atoms with Crippen LogP contribution in [0.2, 0.25) is 0 Å². The number of nitrogens with one attached hydrogen (secondary N) is 1. The van der Waals surface area contributed by atoms with Crippen molar-refractivity contribution in [3.05, 3.63) is 23.3 Å². The standard InChI is InChI=1S/C12H17NO4/c1-7(2)12(17)13-10-3-8(5-14)11(16)9(4-10)6-15/h3-4,7,14-16H,5-6H2,1-2H3,(H,13,17). The number of carbonyl (C=O) groups excluding carboxylic acids is 1.